The summed E-state index contributed by atoms with van der Waals surface area (Å²) in [6.07, 6.45) is 1.22. The second-order valence-electron chi connectivity index (χ2n) is 7.00. The Morgan fingerprint density at radius 3 is 2.52 bits per heavy atom. The number of nitrogens with zero attached hydrogens (tertiary/aromatic N) is 1. The molecule has 2 unspecified atom stereocenters. The maximum absolute atomic E-state index is 2.36. The van der Waals surface area contributed by atoms with Crippen molar-refractivity contribution in [1.82, 2.24) is 4.48 Å². The topological polar surface area (TPSA) is 4.44 Å². The molecule has 0 spiro atoms. The second-order valence-corrected chi connectivity index (χ2v) is 7.00. The lowest BCUT2D eigenvalue weighted by Crippen LogP contribution is -3.09. The first-order valence-electron chi connectivity index (χ1n) is 8.79. The zero-order valence-electron chi connectivity index (χ0n) is 14.2. The van der Waals surface area contributed by atoms with E-state index in [2.05, 4.69) is 68.6 Å². The minimum Gasteiger partial charge on any atom is -0.333 e. The van der Waals surface area contributed by atoms with Crippen molar-refractivity contribution in [3.8, 4) is 0 Å². The molecule has 0 amide bonds. The third-order valence-electron chi connectivity index (χ3n) is 5.66. The van der Waals surface area contributed by atoms with Crippen LogP contribution in [-0.4, -0.2) is 26.7 Å². The molecule has 2 aromatic rings. The highest BCUT2D eigenvalue weighted by Gasteiger charge is 2.47. The SMILES string of the molecule is CC[N+]1(Cc2ccccc2)C2=C(C[NH+](C)CC2)c2ccccc21. The Hall–Kier alpha value is -1.90. The van der Waals surface area contributed by atoms with Crippen molar-refractivity contribution in [2.24, 2.45) is 0 Å². The van der Waals surface area contributed by atoms with Crippen LogP contribution < -0.4 is 9.38 Å². The van der Waals surface area contributed by atoms with Crippen LogP contribution >= 0.6 is 0 Å². The lowest BCUT2D eigenvalue weighted by molar-refractivity contribution is -0.873. The quantitative estimate of drug-likeness (QED) is 0.832. The van der Waals surface area contributed by atoms with Crippen LogP contribution in [0.3, 0.4) is 0 Å². The summed E-state index contributed by atoms with van der Waals surface area (Å²) in [6, 6.07) is 20.1. The van der Waals surface area contributed by atoms with Gasteiger partial charge in [0, 0.05) is 11.6 Å². The van der Waals surface area contributed by atoms with E-state index in [0.29, 0.717) is 0 Å². The summed E-state index contributed by atoms with van der Waals surface area (Å²) in [4.78, 5) is 1.63. The number of hydrogen-bond acceptors (Lipinski definition) is 0. The monoisotopic (exact) mass is 306 g/mol. The van der Waals surface area contributed by atoms with Crippen molar-refractivity contribution in [2.75, 3.05) is 26.7 Å². The maximum atomic E-state index is 2.36. The molecule has 2 nitrogen and oxygen atoms in total. The Morgan fingerprint density at radius 1 is 1.00 bits per heavy atom. The number of benzene rings is 2. The normalized spacial score (nSPS) is 26.1. The molecule has 0 bridgehead atoms. The van der Waals surface area contributed by atoms with E-state index in [4.69, 9.17) is 0 Å². The zero-order valence-corrected chi connectivity index (χ0v) is 14.2. The van der Waals surface area contributed by atoms with Gasteiger partial charge in [0.25, 0.3) is 0 Å². The fourth-order valence-electron chi connectivity index (χ4n) is 4.49. The van der Waals surface area contributed by atoms with Crippen molar-refractivity contribution in [2.45, 2.75) is 19.9 Å². The first-order valence-corrected chi connectivity index (χ1v) is 8.79. The summed E-state index contributed by atoms with van der Waals surface area (Å²) in [5.41, 5.74) is 7.73. The Balaban J connectivity index is 1.87. The molecule has 0 fully saturated rings. The van der Waals surface area contributed by atoms with Gasteiger partial charge in [0.1, 0.15) is 24.5 Å². The Bertz CT molecular complexity index is 747. The average Bonchev–Trinajstić information content (AvgIpc) is 2.86. The summed E-state index contributed by atoms with van der Waals surface area (Å²) in [5.74, 6) is 0. The van der Waals surface area contributed by atoms with E-state index < -0.39 is 0 Å². The van der Waals surface area contributed by atoms with E-state index >= 15 is 0 Å². The Morgan fingerprint density at radius 2 is 1.74 bits per heavy atom. The van der Waals surface area contributed by atoms with Crippen LogP contribution in [0.4, 0.5) is 5.69 Å². The molecule has 4 rings (SSSR count). The molecule has 2 atom stereocenters. The minimum absolute atomic E-state index is 1.03. The molecular weight excluding hydrogens is 280 g/mol. The maximum Gasteiger partial charge on any atom is 0.145 e. The van der Waals surface area contributed by atoms with E-state index in [-0.39, 0.29) is 0 Å². The minimum atomic E-state index is 1.03. The van der Waals surface area contributed by atoms with Crippen LogP contribution in [0.5, 0.6) is 0 Å². The van der Waals surface area contributed by atoms with Crippen LogP contribution in [-0.2, 0) is 6.54 Å². The summed E-state index contributed by atoms with van der Waals surface area (Å²) < 4.78 is 1.03. The Kier molecular flexibility index (Phi) is 3.59. The van der Waals surface area contributed by atoms with Crippen LogP contribution in [0, 0.1) is 0 Å². The third-order valence-corrected chi connectivity index (χ3v) is 5.66. The molecule has 2 aliphatic heterocycles. The van der Waals surface area contributed by atoms with Gasteiger partial charge in [0.05, 0.1) is 37.7 Å². The van der Waals surface area contributed by atoms with Crippen LogP contribution in [0.2, 0.25) is 0 Å². The molecule has 118 valence electrons. The molecule has 23 heavy (non-hydrogen) atoms. The Labute approximate surface area is 139 Å². The molecular formula is C21H26N2+2. The standard InChI is InChI=1S/C21H25N2/c1-3-23(16-17-9-5-4-6-10-17)20-12-8-7-11-18(20)19-15-22(2)14-13-21(19)23/h4-12H,3,13-16H2,1-2H3/q+1/p+1. The molecule has 1 N–H and O–H groups in total. The number of quaternary nitrogens is 2. The lowest BCUT2D eigenvalue weighted by atomic mass is 10.0. The van der Waals surface area contributed by atoms with Crippen molar-refractivity contribution < 1.29 is 4.90 Å². The highest BCUT2D eigenvalue weighted by atomic mass is 15.4. The summed E-state index contributed by atoms with van der Waals surface area (Å²) in [7, 11) is 2.32. The highest BCUT2D eigenvalue weighted by molar-refractivity contribution is 5.86. The van der Waals surface area contributed by atoms with Crippen molar-refractivity contribution in [1.29, 1.82) is 0 Å². The van der Waals surface area contributed by atoms with Crippen LogP contribution in [0.15, 0.2) is 60.3 Å². The molecule has 2 aliphatic rings. The number of rotatable bonds is 3. The summed E-state index contributed by atoms with van der Waals surface area (Å²) in [5, 5.41) is 0. The molecule has 0 aliphatic carbocycles. The first kappa shape index (κ1) is 14.7. The molecule has 0 saturated heterocycles. The molecule has 0 saturated carbocycles. The number of hydrogen-bond donors (Lipinski definition) is 1. The first-order chi connectivity index (χ1) is 11.2. The van der Waals surface area contributed by atoms with Crippen molar-refractivity contribution >= 4 is 11.3 Å². The molecule has 0 radical (unpaired) electrons. The molecule has 2 aromatic carbocycles. The number of fused-ring (bicyclic) bond motifs is 2. The lowest BCUT2D eigenvalue weighted by Gasteiger charge is -2.37. The highest BCUT2D eigenvalue weighted by Crippen LogP contribution is 2.47. The van der Waals surface area contributed by atoms with Gasteiger partial charge in [0.2, 0.25) is 0 Å². The second kappa shape index (κ2) is 5.63. The summed E-state index contributed by atoms with van der Waals surface area (Å²) in [6.45, 7) is 6.97. The van der Waals surface area contributed by atoms with Crippen molar-refractivity contribution in [3.63, 3.8) is 0 Å². The van der Waals surface area contributed by atoms with E-state index in [1.165, 1.54) is 36.3 Å². The smallest absolute Gasteiger partial charge is 0.145 e. The van der Waals surface area contributed by atoms with Crippen LogP contribution in [0.1, 0.15) is 24.5 Å². The van der Waals surface area contributed by atoms with Gasteiger partial charge >= 0.3 is 0 Å². The van der Waals surface area contributed by atoms with Gasteiger partial charge in [0.15, 0.2) is 0 Å². The number of likely N-dealkylation sites (N-methyl/N-ethyl adjacent to an activating group) is 1. The van der Waals surface area contributed by atoms with Crippen LogP contribution in [0.25, 0.3) is 5.57 Å². The average molecular weight is 306 g/mol. The van der Waals surface area contributed by atoms with E-state index in [1.807, 2.05) is 0 Å². The van der Waals surface area contributed by atoms with Gasteiger partial charge in [-0.1, -0.05) is 42.5 Å². The van der Waals surface area contributed by atoms with Gasteiger partial charge in [-0.3, -0.25) is 4.48 Å². The predicted octanol–water partition coefficient (Wildman–Crippen LogP) is 2.86. The van der Waals surface area contributed by atoms with Gasteiger partial charge in [-0.05, 0) is 13.0 Å². The van der Waals surface area contributed by atoms with E-state index in [0.717, 1.165) is 17.6 Å². The van der Waals surface area contributed by atoms with Crippen molar-refractivity contribution in [3.05, 3.63) is 71.4 Å². The third kappa shape index (κ3) is 2.25. The molecule has 2 heterocycles. The van der Waals surface area contributed by atoms with E-state index in [1.54, 1.807) is 16.2 Å². The fourth-order valence-corrected chi connectivity index (χ4v) is 4.49. The van der Waals surface area contributed by atoms with Gasteiger partial charge in [-0.2, -0.15) is 0 Å². The number of nitrogens with one attached hydrogen (secondary N) is 1. The van der Waals surface area contributed by atoms with E-state index in [9.17, 15) is 0 Å². The van der Waals surface area contributed by atoms with Gasteiger partial charge < -0.3 is 4.90 Å². The number of para-hydroxylation sites is 1. The predicted molar refractivity (Wildman–Crippen MR) is 97.1 cm³/mol. The zero-order chi connectivity index (χ0) is 15.9. The van der Waals surface area contributed by atoms with Gasteiger partial charge in [-0.25, -0.2) is 0 Å². The molecule has 0 aromatic heterocycles. The molecule has 2 heteroatoms. The fraction of sp³-hybridized carbons (Fsp3) is 0.333. The largest absolute Gasteiger partial charge is 0.333 e. The van der Waals surface area contributed by atoms with Gasteiger partial charge in [-0.15, -0.1) is 0 Å². The summed E-state index contributed by atoms with van der Waals surface area (Å²) >= 11 is 0.